The van der Waals surface area contributed by atoms with Gasteiger partial charge in [0.05, 0.1) is 0 Å². The van der Waals surface area contributed by atoms with Crippen molar-refractivity contribution in [2.24, 2.45) is 11.8 Å². The molecule has 0 amide bonds. The minimum absolute atomic E-state index is 0.122. The number of carbonyl (C=O) groups is 2. The van der Waals surface area contributed by atoms with E-state index in [2.05, 4.69) is 13.8 Å². The molecule has 0 radical (unpaired) electrons. The third kappa shape index (κ3) is 9.87. The van der Waals surface area contributed by atoms with Crippen LogP contribution in [0.4, 0.5) is 0 Å². The summed E-state index contributed by atoms with van der Waals surface area (Å²) in [5.74, 6) is 2.02. The maximum absolute atomic E-state index is 11.7. The predicted molar refractivity (Wildman–Crippen MR) is 92.3 cm³/mol. The highest BCUT2D eigenvalue weighted by molar-refractivity contribution is 8.77. The van der Waals surface area contributed by atoms with Crippen molar-refractivity contribution in [2.75, 3.05) is 5.75 Å². The summed E-state index contributed by atoms with van der Waals surface area (Å²) in [6.45, 7) is 12.2. The molecular weight excluding hydrogens is 288 g/mol. The highest BCUT2D eigenvalue weighted by Crippen LogP contribution is 2.39. The molecule has 0 heterocycles. The molecule has 0 bridgehead atoms. The standard InChI is InChI=1S/C16H30O2S2/c1-12(2)14(17)8-7-11-19-20-16(5,6)10-9-15(18)13(3)4/h12-13H,7-11H2,1-6H3. The van der Waals surface area contributed by atoms with Crippen molar-refractivity contribution in [3.8, 4) is 0 Å². The van der Waals surface area contributed by atoms with E-state index in [4.69, 9.17) is 0 Å². The summed E-state index contributed by atoms with van der Waals surface area (Å²) in [5, 5.41) is 0. The maximum atomic E-state index is 11.7. The monoisotopic (exact) mass is 318 g/mol. The second-order valence-electron chi connectivity index (χ2n) is 6.51. The van der Waals surface area contributed by atoms with Crippen molar-refractivity contribution in [1.82, 2.24) is 0 Å². The zero-order valence-corrected chi connectivity index (χ0v) is 15.5. The molecule has 118 valence electrons. The zero-order valence-electron chi connectivity index (χ0n) is 13.8. The molecule has 0 atom stereocenters. The van der Waals surface area contributed by atoms with E-state index in [1.807, 2.05) is 49.3 Å². The highest BCUT2D eigenvalue weighted by Gasteiger charge is 2.21. The first-order valence-corrected chi connectivity index (χ1v) is 9.83. The minimum Gasteiger partial charge on any atom is -0.299 e. The molecule has 0 fully saturated rings. The van der Waals surface area contributed by atoms with E-state index in [1.165, 1.54) is 0 Å². The van der Waals surface area contributed by atoms with Crippen molar-refractivity contribution in [1.29, 1.82) is 0 Å². The molecule has 0 N–H and O–H groups in total. The lowest BCUT2D eigenvalue weighted by molar-refractivity contribution is -0.122. The summed E-state index contributed by atoms with van der Waals surface area (Å²) in [4.78, 5) is 23.1. The Hall–Kier alpha value is 0.0400. The fraction of sp³-hybridized carbons (Fsp3) is 0.875. The van der Waals surface area contributed by atoms with E-state index < -0.39 is 0 Å². The van der Waals surface area contributed by atoms with Gasteiger partial charge >= 0.3 is 0 Å². The van der Waals surface area contributed by atoms with Gasteiger partial charge in [0, 0.05) is 35.2 Å². The lowest BCUT2D eigenvalue weighted by atomic mass is 9.99. The van der Waals surface area contributed by atoms with Crippen molar-refractivity contribution < 1.29 is 9.59 Å². The third-order valence-electron chi connectivity index (χ3n) is 3.20. The largest absolute Gasteiger partial charge is 0.299 e. The van der Waals surface area contributed by atoms with E-state index in [0.717, 1.165) is 18.6 Å². The summed E-state index contributed by atoms with van der Waals surface area (Å²) in [6, 6.07) is 0. The Morgan fingerprint density at radius 3 is 1.95 bits per heavy atom. The van der Waals surface area contributed by atoms with Gasteiger partial charge in [-0.05, 0) is 26.7 Å². The van der Waals surface area contributed by atoms with Gasteiger partial charge in [0.1, 0.15) is 11.6 Å². The first-order chi connectivity index (χ1) is 9.15. The lowest BCUT2D eigenvalue weighted by Gasteiger charge is -2.23. The normalized spacial score (nSPS) is 12.2. The summed E-state index contributed by atoms with van der Waals surface area (Å²) in [6.07, 6.45) is 3.24. The van der Waals surface area contributed by atoms with Crippen LogP contribution in [-0.4, -0.2) is 22.1 Å². The first kappa shape index (κ1) is 20.0. The number of hydrogen-bond acceptors (Lipinski definition) is 4. The zero-order chi connectivity index (χ0) is 15.8. The molecule has 0 aliphatic heterocycles. The Bertz CT molecular complexity index is 310. The first-order valence-electron chi connectivity index (χ1n) is 7.52. The number of ketones is 2. The van der Waals surface area contributed by atoms with Crippen LogP contribution in [0.1, 0.15) is 67.2 Å². The van der Waals surface area contributed by atoms with E-state index in [-0.39, 0.29) is 16.6 Å². The molecule has 0 saturated carbocycles. The van der Waals surface area contributed by atoms with E-state index in [0.29, 0.717) is 24.4 Å². The quantitative estimate of drug-likeness (QED) is 0.389. The van der Waals surface area contributed by atoms with Gasteiger partial charge < -0.3 is 0 Å². The van der Waals surface area contributed by atoms with Crippen LogP contribution in [0.25, 0.3) is 0 Å². The van der Waals surface area contributed by atoms with Gasteiger partial charge in [-0.15, -0.1) is 0 Å². The Morgan fingerprint density at radius 2 is 1.45 bits per heavy atom. The maximum Gasteiger partial charge on any atom is 0.135 e. The fourth-order valence-electron chi connectivity index (χ4n) is 1.55. The highest BCUT2D eigenvalue weighted by atomic mass is 33.1. The Labute approximate surface area is 132 Å². The average Bonchev–Trinajstić information content (AvgIpc) is 2.34. The van der Waals surface area contributed by atoms with Crippen LogP contribution >= 0.6 is 21.6 Å². The van der Waals surface area contributed by atoms with Gasteiger partial charge in [-0.2, -0.15) is 0 Å². The minimum atomic E-state index is 0.122. The molecule has 0 spiro atoms. The second-order valence-corrected chi connectivity index (χ2v) is 9.63. The van der Waals surface area contributed by atoms with Gasteiger partial charge in [-0.3, -0.25) is 9.59 Å². The molecule has 0 rings (SSSR count). The number of carbonyl (C=O) groups excluding carboxylic acids is 2. The molecule has 2 nitrogen and oxygen atoms in total. The van der Waals surface area contributed by atoms with Crippen molar-refractivity contribution >= 4 is 33.2 Å². The molecule has 0 unspecified atom stereocenters. The van der Waals surface area contributed by atoms with Gasteiger partial charge in [-0.1, -0.05) is 49.3 Å². The number of rotatable bonds is 11. The summed E-state index contributed by atoms with van der Waals surface area (Å²) >= 11 is 0. The van der Waals surface area contributed by atoms with Crippen LogP contribution in [0.5, 0.6) is 0 Å². The summed E-state index contributed by atoms with van der Waals surface area (Å²) < 4.78 is 0.122. The van der Waals surface area contributed by atoms with Gasteiger partial charge in [0.25, 0.3) is 0 Å². The van der Waals surface area contributed by atoms with Crippen LogP contribution in [0.3, 0.4) is 0 Å². The Kier molecular flexibility index (Phi) is 9.90. The molecule has 0 aliphatic rings. The predicted octanol–water partition coefficient (Wildman–Crippen LogP) is 5.16. The molecule has 0 aromatic heterocycles. The van der Waals surface area contributed by atoms with Crippen molar-refractivity contribution in [3.63, 3.8) is 0 Å². The fourth-order valence-corrected chi connectivity index (χ4v) is 4.21. The molecule has 4 heteroatoms. The van der Waals surface area contributed by atoms with E-state index >= 15 is 0 Å². The van der Waals surface area contributed by atoms with Crippen molar-refractivity contribution in [2.45, 2.75) is 72.0 Å². The summed E-state index contributed by atoms with van der Waals surface area (Å²) in [7, 11) is 3.67. The van der Waals surface area contributed by atoms with Gasteiger partial charge in [0.15, 0.2) is 0 Å². The third-order valence-corrected chi connectivity index (χ3v) is 6.63. The van der Waals surface area contributed by atoms with Crippen LogP contribution in [0.2, 0.25) is 0 Å². The smallest absolute Gasteiger partial charge is 0.135 e. The van der Waals surface area contributed by atoms with Crippen LogP contribution in [0, 0.1) is 11.8 Å². The topological polar surface area (TPSA) is 34.1 Å². The van der Waals surface area contributed by atoms with Crippen LogP contribution < -0.4 is 0 Å². The Morgan fingerprint density at radius 1 is 0.950 bits per heavy atom. The number of hydrogen-bond donors (Lipinski definition) is 0. The molecule has 0 saturated heterocycles. The second kappa shape index (κ2) is 9.88. The van der Waals surface area contributed by atoms with E-state index in [9.17, 15) is 9.59 Å². The van der Waals surface area contributed by atoms with Gasteiger partial charge in [0.2, 0.25) is 0 Å². The Balaban J connectivity index is 3.77. The molecule has 0 aliphatic carbocycles. The summed E-state index contributed by atoms with van der Waals surface area (Å²) in [5.41, 5.74) is 0. The molecular formula is C16H30O2S2. The lowest BCUT2D eigenvalue weighted by Crippen LogP contribution is -2.17. The number of Topliss-reactive ketones (excluding diaryl/α,β-unsaturated/α-hetero) is 2. The van der Waals surface area contributed by atoms with Crippen molar-refractivity contribution in [3.05, 3.63) is 0 Å². The van der Waals surface area contributed by atoms with Gasteiger partial charge in [-0.25, -0.2) is 0 Å². The van der Waals surface area contributed by atoms with E-state index in [1.54, 1.807) is 0 Å². The SMILES string of the molecule is CC(C)C(=O)CCCSSC(C)(C)CCC(=O)C(C)C. The average molecular weight is 319 g/mol. The molecule has 0 aromatic rings. The molecule has 20 heavy (non-hydrogen) atoms. The van der Waals surface area contributed by atoms with Crippen LogP contribution in [-0.2, 0) is 9.59 Å². The van der Waals surface area contributed by atoms with Crippen LogP contribution in [0.15, 0.2) is 0 Å². The molecule has 0 aromatic carbocycles.